The van der Waals surface area contributed by atoms with Gasteiger partial charge in [0, 0.05) is 61.0 Å². The third-order valence-corrected chi connectivity index (χ3v) is 6.98. The number of fused-ring (bicyclic) bond motifs is 1. The molecular weight excluding hydrogens is 502 g/mol. The van der Waals surface area contributed by atoms with Crippen molar-refractivity contribution in [2.45, 2.75) is 13.1 Å². The monoisotopic (exact) mass is 529 g/mol. The molecule has 0 radical (unpaired) electrons. The van der Waals surface area contributed by atoms with Crippen LogP contribution in [0, 0.1) is 0 Å². The van der Waals surface area contributed by atoms with Gasteiger partial charge in [-0.2, -0.15) is 5.10 Å². The fourth-order valence-corrected chi connectivity index (χ4v) is 4.81. The van der Waals surface area contributed by atoms with Gasteiger partial charge in [0.05, 0.1) is 11.2 Å². The van der Waals surface area contributed by atoms with E-state index in [9.17, 15) is 14.7 Å². The fourth-order valence-electron chi connectivity index (χ4n) is 4.62. The predicted octanol–water partition coefficient (Wildman–Crippen LogP) is 4.11. The SMILES string of the molecule is O=C(NN=Cc1cn(CC(=O)N2CCN(Cc3ccccc3)CC2)c2ccccc12)c1ccc(O)c(Cl)c1. The van der Waals surface area contributed by atoms with E-state index >= 15 is 0 Å². The van der Waals surface area contributed by atoms with Gasteiger partial charge >= 0.3 is 0 Å². The van der Waals surface area contributed by atoms with E-state index in [-0.39, 0.29) is 28.8 Å². The lowest BCUT2D eigenvalue weighted by atomic mass is 10.2. The Hall–Kier alpha value is -4.14. The Kier molecular flexibility index (Phi) is 7.72. The molecule has 1 fully saturated rings. The second-order valence-corrected chi connectivity index (χ2v) is 9.64. The molecule has 1 aliphatic rings. The largest absolute Gasteiger partial charge is 0.506 e. The van der Waals surface area contributed by atoms with Gasteiger partial charge in [-0.15, -0.1) is 0 Å². The van der Waals surface area contributed by atoms with E-state index in [0.29, 0.717) is 13.1 Å². The van der Waals surface area contributed by atoms with Crippen LogP contribution in [-0.4, -0.2) is 63.7 Å². The molecule has 1 saturated heterocycles. The number of carbonyl (C=O) groups excluding carboxylic acids is 2. The number of phenolic OH excluding ortho intramolecular Hbond substituents is 1. The average molecular weight is 530 g/mol. The molecule has 2 amide bonds. The zero-order valence-corrected chi connectivity index (χ0v) is 21.5. The van der Waals surface area contributed by atoms with Crippen molar-refractivity contribution in [1.29, 1.82) is 0 Å². The highest BCUT2D eigenvalue weighted by molar-refractivity contribution is 6.32. The number of rotatable bonds is 7. The number of piperazine rings is 1. The molecule has 2 N–H and O–H groups in total. The Labute approximate surface area is 225 Å². The average Bonchev–Trinajstić information content (AvgIpc) is 3.28. The summed E-state index contributed by atoms with van der Waals surface area (Å²) in [7, 11) is 0. The number of benzene rings is 3. The Morgan fingerprint density at radius 1 is 0.974 bits per heavy atom. The second kappa shape index (κ2) is 11.5. The molecule has 5 rings (SSSR count). The molecule has 0 spiro atoms. The van der Waals surface area contributed by atoms with Crippen molar-refractivity contribution < 1.29 is 14.7 Å². The lowest BCUT2D eigenvalue weighted by molar-refractivity contribution is -0.133. The van der Waals surface area contributed by atoms with Gasteiger partial charge < -0.3 is 14.6 Å². The molecule has 0 aliphatic carbocycles. The zero-order valence-electron chi connectivity index (χ0n) is 20.8. The number of aromatic hydroxyl groups is 1. The maximum Gasteiger partial charge on any atom is 0.271 e. The van der Waals surface area contributed by atoms with Gasteiger partial charge in [-0.05, 0) is 29.8 Å². The smallest absolute Gasteiger partial charge is 0.271 e. The number of amides is 2. The van der Waals surface area contributed by atoms with E-state index in [1.165, 1.54) is 23.8 Å². The topological polar surface area (TPSA) is 90.2 Å². The van der Waals surface area contributed by atoms with Gasteiger partial charge in [-0.3, -0.25) is 14.5 Å². The van der Waals surface area contributed by atoms with Crippen LogP contribution >= 0.6 is 11.6 Å². The molecule has 194 valence electrons. The van der Waals surface area contributed by atoms with Crippen LogP contribution in [0.25, 0.3) is 10.9 Å². The highest BCUT2D eigenvalue weighted by atomic mass is 35.5. The van der Waals surface area contributed by atoms with Crippen LogP contribution in [0.1, 0.15) is 21.5 Å². The first kappa shape index (κ1) is 25.5. The summed E-state index contributed by atoms with van der Waals surface area (Å²) in [5.41, 5.74) is 5.74. The lowest BCUT2D eigenvalue weighted by Gasteiger charge is -2.35. The Morgan fingerprint density at radius 2 is 1.71 bits per heavy atom. The molecule has 38 heavy (non-hydrogen) atoms. The van der Waals surface area contributed by atoms with Crippen LogP contribution in [-0.2, 0) is 17.9 Å². The first-order valence-electron chi connectivity index (χ1n) is 12.4. The van der Waals surface area contributed by atoms with Crippen LogP contribution in [0.2, 0.25) is 5.02 Å². The predicted molar refractivity (Wildman–Crippen MR) is 148 cm³/mol. The van der Waals surface area contributed by atoms with Crippen LogP contribution in [0.15, 0.2) is 84.1 Å². The summed E-state index contributed by atoms with van der Waals surface area (Å²) < 4.78 is 1.93. The maximum absolute atomic E-state index is 13.2. The van der Waals surface area contributed by atoms with E-state index in [1.54, 1.807) is 6.21 Å². The molecule has 2 heterocycles. The summed E-state index contributed by atoms with van der Waals surface area (Å²) >= 11 is 5.89. The molecule has 3 aromatic carbocycles. The highest BCUT2D eigenvalue weighted by Gasteiger charge is 2.22. The number of hydrogen-bond donors (Lipinski definition) is 2. The van der Waals surface area contributed by atoms with Gasteiger partial charge in [-0.1, -0.05) is 60.1 Å². The molecule has 1 aliphatic heterocycles. The second-order valence-electron chi connectivity index (χ2n) is 9.24. The molecule has 4 aromatic rings. The Balaban J connectivity index is 1.22. The highest BCUT2D eigenvalue weighted by Crippen LogP contribution is 2.24. The van der Waals surface area contributed by atoms with E-state index in [1.807, 2.05) is 46.0 Å². The summed E-state index contributed by atoms with van der Waals surface area (Å²) in [6, 6.07) is 22.4. The molecule has 0 atom stereocenters. The van der Waals surface area contributed by atoms with Crippen molar-refractivity contribution in [2.24, 2.45) is 5.10 Å². The fraction of sp³-hybridized carbons (Fsp3) is 0.207. The van der Waals surface area contributed by atoms with E-state index in [2.05, 4.69) is 39.7 Å². The number of hydrazone groups is 1. The number of nitrogens with one attached hydrogen (secondary N) is 1. The number of aromatic nitrogens is 1. The van der Waals surface area contributed by atoms with Crippen molar-refractivity contribution in [3.05, 3.63) is 101 Å². The number of para-hydroxylation sites is 1. The molecule has 8 nitrogen and oxygen atoms in total. The maximum atomic E-state index is 13.2. The summed E-state index contributed by atoms with van der Waals surface area (Å²) in [6.07, 6.45) is 3.44. The van der Waals surface area contributed by atoms with Crippen molar-refractivity contribution in [1.82, 2.24) is 19.8 Å². The zero-order chi connectivity index (χ0) is 26.5. The molecular formula is C29H28ClN5O3. The van der Waals surface area contributed by atoms with Gasteiger partial charge in [0.25, 0.3) is 5.91 Å². The minimum absolute atomic E-state index is 0.0751. The van der Waals surface area contributed by atoms with Crippen molar-refractivity contribution in [2.75, 3.05) is 26.2 Å². The first-order chi connectivity index (χ1) is 18.5. The molecule has 0 bridgehead atoms. The molecule has 0 saturated carbocycles. The summed E-state index contributed by atoms with van der Waals surface area (Å²) in [5.74, 6) is -0.470. The van der Waals surface area contributed by atoms with Gasteiger partial charge in [0.2, 0.25) is 5.91 Å². The first-order valence-corrected chi connectivity index (χ1v) is 12.8. The van der Waals surface area contributed by atoms with Gasteiger partial charge in [-0.25, -0.2) is 5.43 Å². The minimum atomic E-state index is -0.450. The Morgan fingerprint density at radius 3 is 2.47 bits per heavy atom. The quantitative estimate of drug-likeness (QED) is 0.278. The molecule has 0 unspecified atom stereocenters. The number of phenols is 1. The summed E-state index contributed by atoms with van der Waals surface area (Å²) in [4.78, 5) is 29.9. The van der Waals surface area contributed by atoms with E-state index < -0.39 is 5.91 Å². The summed E-state index contributed by atoms with van der Waals surface area (Å²) in [5, 5.41) is 14.7. The number of nitrogens with zero attached hydrogens (tertiary/aromatic N) is 4. The number of carbonyl (C=O) groups is 2. The molecule has 9 heteroatoms. The Bertz CT molecular complexity index is 1480. The van der Waals surface area contributed by atoms with Crippen molar-refractivity contribution in [3.63, 3.8) is 0 Å². The van der Waals surface area contributed by atoms with Crippen LogP contribution in [0.4, 0.5) is 0 Å². The summed E-state index contributed by atoms with van der Waals surface area (Å²) in [6.45, 7) is 4.21. The third kappa shape index (κ3) is 5.88. The van der Waals surface area contributed by atoms with Crippen LogP contribution in [0.3, 0.4) is 0 Å². The van der Waals surface area contributed by atoms with E-state index in [4.69, 9.17) is 11.6 Å². The van der Waals surface area contributed by atoms with Gasteiger partial charge in [0.15, 0.2) is 0 Å². The van der Waals surface area contributed by atoms with Crippen LogP contribution in [0.5, 0.6) is 5.75 Å². The van der Waals surface area contributed by atoms with Crippen molar-refractivity contribution >= 4 is 40.5 Å². The normalized spacial score (nSPS) is 14.3. The molecule has 1 aromatic heterocycles. The standard InChI is InChI=1S/C29H28ClN5O3/c30-25-16-22(10-11-27(25)36)29(38)32-31-17-23-19-35(26-9-5-4-8-24(23)26)20-28(37)34-14-12-33(13-15-34)18-21-6-2-1-3-7-21/h1-11,16-17,19,36H,12-15,18,20H2,(H,32,38). The van der Waals surface area contributed by atoms with Crippen molar-refractivity contribution in [3.8, 4) is 5.75 Å². The number of halogens is 1. The lowest BCUT2D eigenvalue weighted by Crippen LogP contribution is -2.49. The van der Waals surface area contributed by atoms with Gasteiger partial charge in [0.1, 0.15) is 12.3 Å². The van der Waals surface area contributed by atoms with E-state index in [0.717, 1.165) is 36.1 Å². The van der Waals surface area contributed by atoms with Crippen LogP contribution < -0.4 is 5.43 Å². The number of hydrogen-bond acceptors (Lipinski definition) is 5. The third-order valence-electron chi connectivity index (χ3n) is 6.68. The minimum Gasteiger partial charge on any atom is -0.506 e.